The number of piperazine rings is 1. The number of hydrogen-bond donors (Lipinski definition) is 4. The van der Waals surface area contributed by atoms with Gasteiger partial charge in [0.05, 0.1) is 125 Å². The Morgan fingerprint density at radius 2 is 0.790 bits per heavy atom. The normalized spacial score (nSPS) is 21.4. The molecule has 722 valence electrons. The summed E-state index contributed by atoms with van der Waals surface area (Å²) in [4.78, 5) is 92.1. The van der Waals surface area contributed by atoms with Crippen LogP contribution in [0.2, 0.25) is 0 Å². The van der Waals surface area contributed by atoms with Crippen LogP contribution in [0.5, 0.6) is 28.7 Å². The molecule has 0 unspecified atom stereocenters. The van der Waals surface area contributed by atoms with Crippen LogP contribution in [-0.2, 0) is 23.7 Å². The van der Waals surface area contributed by atoms with Gasteiger partial charge in [0.2, 0.25) is 5.95 Å². The Morgan fingerprint density at radius 1 is 0.391 bits per heavy atom. The second-order valence-corrected chi connectivity index (χ2v) is 35.9. The predicted molar refractivity (Wildman–Crippen MR) is 525 cm³/mol. The van der Waals surface area contributed by atoms with Crippen LogP contribution >= 0.6 is 0 Å². The van der Waals surface area contributed by atoms with Gasteiger partial charge in [0.15, 0.2) is 0 Å². The molecule has 9 fully saturated rings. The zero-order valence-corrected chi connectivity index (χ0v) is 78.4. The summed E-state index contributed by atoms with van der Waals surface area (Å²) in [5, 5.41) is 22.4. The number of nitrogens with zero attached hydrogens (tertiary/aromatic N) is 19. The second kappa shape index (κ2) is 46.5. The van der Waals surface area contributed by atoms with E-state index >= 15 is 0 Å². The molecule has 9 aliphatic rings. The van der Waals surface area contributed by atoms with Crippen molar-refractivity contribution in [3.8, 4) is 34.8 Å². The first-order chi connectivity index (χ1) is 67.8. The number of nitriles is 1. The number of fused-ring (bicyclic) bond motifs is 4. The van der Waals surface area contributed by atoms with Crippen LogP contribution in [0.25, 0.3) is 44.1 Å². The van der Waals surface area contributed by atoms with Gasteiger partial charge in [-0.25, -0.2) is 49.1 Å². The maximum absolute atomic E-state index is 14.9. The summed E-state index contributed by atoms with van der Waals surface area (Å²) in [5.41, 5.74) is 12.6. The van der Waals surface area contributed by atoms with Gasteiger partial charge < -0.3 is 98.0 Å². The van der Waals surface area contributed by atoms with Crippen molar-refractivity contribution in [2.75, 3.05) is 193 Å². The Bertz CT molecular complexity index is 6090. The van der Waals surface area contributed by atoms with Gasteiger partial charge in [-0.2, -0.15) is 5.26 Å². The quantitative estimate of drug-likeness (QED) is 0.0432. The molecule has 4 saturated carbocycles. The largest absolute Gasteiger partial charge is 0.495 e. The molecule has 4 aliphatic carbocycles. The molecule has 12 heterocycles. The lowest BCUT2D eigenvalue weighted by molar-refractivity contribution is 0.0600. The van der Waals surface area contributed by atoms with Gasteiger partial charge in [0.25, 0.3) is 5.91 Å². The number of esters is 1. The number of carbonyl (C=O) groups excluding carboxylic acids is 2. The van der Waals surface area contributed by atoms with Crippen LogP contribution < -0.4 is 69.5 Å². The van der Waals surface area contributed by atoms with Crippen LogP contribution in [0.4, 0.5) is 50.4 Å². The first-order valence-corrected chi connectivity index (χ1v) is 48.4. The van der Waals surface area contributed by atoms with E-state index in [0.717, 1.165) is 328 Å². The number of morpholine rings is 4. The fourth-order valence-corrected chi connectivity index (χ4v) is 19.2. The Labute approximate surface area is 801 Å². The molecule has 5 saturated heterocycles. The van der Waals surface area contributed by atoms with Crippen molar-refractivity contribution in [3.63, 3.8) is 0 Å². The van der Waals surface area contributed by atoms with Crippen molar-refractivity contribution in [1.29, 1.82) is 5.26 Å². The van der Waals surface area contributed by atoms with E-state index in [1.54, 1.807) is 99.5 Å². The molecule has 4 N–H and O–H groups in total. The highest BCUT2D eigenvalue weighted by Crippen LogP contribution is 2.40. The molecule has 5 aromatic carbocycles. The maximum atomic E-state index is 14.9. The van der Waals surface area contributed by atoms with Gasteiger partial charge >= 0.3 is 5.97 Å². The molecular weight excluding hydrogens is 1760 g/mol. The summed E-state index contributed by atoms with van der Waals surface area (Å²) < 4.78 is 73.0. The molecule has 0 radical (unpaired) electrons. The number of aromatic nitrogens is 12. The number of pyridine rings is 2. The Hall–Kier alpha value is -13.6. The molecule has 1 amide bonds. The van der Waals surface area contributed by atoms with Crippen molar-refractivity contribution in [3.05, 3.63) is 188 Å². The third kappa shape index (κ3) is 24.7. The molecule has 5 aliphatic heterocycles. The van der Waals surface area contributed by atoms with Crippen LogP contribution in [0.15, 0.2) is 165 Å². The molecule has 35 nitrogen and oxygen atoms in total. The monoisotopic (exact) mass is 1880 g/mol. The van der Waals surface area contributed by atoms with Crippen molar-refractivity contribution in [2.24, 2.45) is 0 Å². The van der Waals surface area contributed by atoms with Crippen molar-refractivity contribution in [2.45, 2.75) is 151 Å². The minimum Gasteiger partial charge on any atom is -0.495 e. The van der Waals surface area contributed by atoms with E-state index in [1.165, 1.54) is 13.2 Å². The number of benzene rings is 5. The smallest absolute Gasteiger partial charge is 0.341 e. The lowest BCUT2D eigenvalue weighted by atomic mass is 9.92. The van der Waals surface area contributed by atoms with E-state index in [4.69, 9.17) is 52.6 Å². The molecular formula is C102H120FN23O12. The fraction of sp³-hybridized carbons (Fsp3) is 0.461. The number of amides is 1. The molecule has 0 bridgehead atoms. The first-order valence-electron chi connectivity index (χ1n) is 48.4. The molecule has 0 atom stereocenters. The van der Waals surface area contributed by atoms with Crippen LogP contribution in [0.3, 0.4) is 0 Å². The molecule has 36 heteroatoms. The highest BCUT2D eigenvalue weighted by atomic mass is 19.1. The standard InChI is InChI=1S/C30H37FN6O3.C25H29N5O4.C24H29N5O3.C23H25N7O2/c1-35-10-12-36(13-11-35)22-4-7-25(26(31)18-22)30(38)34-21-2-5-24(6-3-21)40-28-20-23(37-14-16-39-17-15-37)19-27-29(28)33-9-8-32-27;1-32-25(31)20-3-2-8-28-24(20)29-17-4-6-19(7-5-17)34-22-16-18(30-11-13-33-14-12-30)15-21-23(22)27-10-9-26-21;1-30-20-6-7-23(27-16-20)28-17-2-4-19(5-3-17)32-22-15-18(29-10-12-31-13-11-29)14-21-24(22)26-9-8-25-21;24-15-17-5-6-27-23(29-17)28-16-1-3-19(4-2-16)32-21-14-18(30-9-11-31-12-10-30)13-20-22(21)26-8-7-25-20/h4,7-9,18-21,24H,2-3,5-6,10-17H2,1H3,(H,34,38);2-3,8-10,15-17,19H,4-7,11-14H2,1H3,(H,28,29);6-9,14-17,19H,2-5,10-13H2,1H3,(H,27,28);5-8,13-14,16,19H,1-4,9-12H2,(H,27,28,29). The average molecular weight is 1880 g/mol. The van der Waals surface area contributed by atoms with Gasteiger partial charge in [0.1, 0.15) is 85.6 Å². The van der Waals surface area contributed by atoms with E-state index in [9.17, 15) is 14.0 Å². The van der Waals surface area contributed by atoms with E-state index in [-0.39, 0.29) is 60.0 Å². The van der Waals surface area contributed by atoms with E-state index in [0.29, 0.717) is 42.3 Å². The molecule has 7 aromatic heterocycles. The number of halogens is 1. The zero-order valence-electron chi connectivity index (χ0n) is 78.4. The van der Waals surface area contributed by atoms with E-state index < -0.39 is 5.82 Å². The number of nitrogens with one attached hydrogen (secondary N) is 4. The van der Waals surface area contributed by atoms with Crippen molar-refractivity contribution < 1.29 is 61.3 Å². The summed E-state index contributed by atoms with van der Waals surface area (Å²) >= 11 is 0. The number of methoxy groups -OCH3 is 2. The first kappa shape index (κ1) is 94.7. The lowest BCUT2D eigenvalue weighted by Gasteiger charge is -2.34. The summed E-state index contributed by atoms with van der Waals surface area (Å²) in [7, 11) is 5.12. The minimum absolute atomic E-state index is 0.0119. The number of likely N-dealkylation sites (N-methyl/N-ethyl adjacent to an activating group) is 1. The topological polar surface area (TPSA) is 372 Å². The van der Waals surface area contributed by atoms with Gasteiger partial charge in [0, 0.05) is 217 Å². The van der Waals surface area contributed by atoms with Gasteiger partial charge in [-0.15, -0.1) is 0 Å². The third-order valence-electron chi connectivity index (χ3n) is 26.9. The molecule has 0 spiro atoms. The second-order valence-electron chi connectivity index (χ2n) is 35.9. The number of carbonyl (C=O) groups is 2. The van der Waals surface area contributed by atoms with Gasteiger partial charge in [-0.3, -0.25) is 24.7 Å². The summed E-state index contributed by atoms with van der Waals surface area (Å²) in [6.07, 6.45) is 33.6. The zero-order chi connectivity index (χ0) is 94.3. The maximum Gasteiger partial charge on any atom is 0.341 e. The highest BCUT2D eigenvalue weighted by molar-refractivity contribution is 5.96. The Kier molecular flexibility index (Phi) is 31.9. The predicted octanol–water partition coefficient (Wildman–Crippen LogP) is 13.5. The summed E-state index contributed by atoms with van der Waals surface area (Å²) in [6, 6.07) is 33.5. The SMILES string of the molecule is CN1CCN(c2ccc(C(=O)NC3CCC(Oc4cc(N5CCOCC5)cc5nccnc45)CC3)c(F)c2)CC1.COC(=O)c1cccnc1NC1CCC(Oc2cc(N3CCOCC3)cc3nccnc23)CC1.COc1ccc(NC2CCC(Oc3cc(N4CCOCC4)cc4nccnc34)CC2)nc1.N#Cc1ccnc(NC2CCC(Oc3cc(N4CCOCC4)cc4nccnc34)CC2)n1. The van der Waals surface area contributed by atoms with Crippen molar-refractivity contribution in [1.82, 2.24) is 70.0 Å². The minimum atomic E-state index is -0.473. The summed E-state index contributed by atoms with van der Waals surface area (Å²) in [5.74, 6) is 4.64. The Balaban J connectivity index is 0.000000123. The molecule has 21 rings (SSSR count). The number of anilines is 8. The molecule has 12 aromatic rings. The van der Waals surface area contributed by atoms with Crippen LogP contribution in [0, 0.1) is 17.1 Å². The summed E-state index contributed by atoms with van der Waals surface area (Å²) in [6.45, 7) is 16.2. The lowest BCUT2D eigenvalue weighted by Crippen LogP contribution is -2.44. The highest BCUT2D eigenvalue weighted by Gasteiger charge is 2.33. The Morgan fingerprint density at radius 3 is 1.18 bits per heavy atom. The van der Waals surface area contributed by atoms with Crippen LogP contribution in [-0.4, -0.2) is 278 Å². The van der Waals surface area contributed by atoms with E-state index in [1.807, 2.05) is 24.3 Å². The van der Waals surface area contributed by atoms with E-state index in [2.05, 4.69) is 166 Å². The van der Waals surface area contributed by atoms with Crippen LogP contribution in [0.1, 0.15) is 129 Å². The average Bonchev–Trinajstić information content (AvgIpc) is 0.803. The van der Waals surface area contributed by atoms with Crippen molar-refractivity contribution >= 4 is 102 Å². The van der Waals surface area contributed by atoms with Gasteiger partial charge in [-0.1, -0.05) is 0 Å². The number of rotatable bonds is 23. The number of ether oxygens (including phenoxy) is 10. The number of hydrogen-bond acceptors (Lipinski definition) is 34. The fourth-order valence-electron chi connectivity index (χ4n) is 19.2. The third-order valence-corrected chi connectivity index (χ3v) is 26.9. The van der Waals surface area contributed by atoms with Gasteiger partial charge in [-0.05, 0) is 183 Å². The molecule has 138 heavy (non-hydrogen) atoms.